The number of halogens is 1. The summed E-state index contributed by atoms with van der Waals surface area (Å²) in [5.41, 5.74) is 3.69. The van der Waals surface area contributed by atoms with Crippen LogP contribution in [0.1, 0.15) is 30.4 Å². The first-order valence-electron chi connectivity index (χ1n) is 11.4. The first-order chi connectivity index (χ1) is 17.5. The van der Waals surface area contributed by atoms with Crippen molar-refractivity contribution in [3.05, 3.63) is 102 Å². The number of thiocarbonyl (C=S) groups is 1. The molecule has 9 heteroatoms. The summed E-state index contributed by atoms with van der Waals surface area (Å²) < 4.78 is 21.5. The number of hydrogen-bond donors (Lipinski definition) is 2. The Labute approximate surface area is 213 Å². The maximum atomic E-state index is 14.1. The number of carbonyl (C=O) groups excluding carboxylic acids is 1. The number of hydrogen-bond acceptors (Lipinski definition) is 4. The van der Waals surface area contributed by atoms with E-state index in [2.05, 4.69) is 15.6 Å². The Hall–Kier alpha value is -4.24. The van der Waals surface area contributed by atoms with Crippen molar-refractivity contribution in [1.29, 1.82) is 0 Å². The summed E-state index contributed by atoms with van der Waals surface area (Å²) in [6.45, 7) is 1.44. The van der Waals surface area contributed by atoms with E-state index in [1.165, 1.54) is 19.1 Å². The second kappa shape index (κ2) is 9.79. The number of benzene rings is 2. The third-order valence-corrected chi connectivity index (χ3v) is 6.35. The van der Waals surface area contributed by atoms with E-state index in [9.17, 15) is 9.18 Å². The Balaban J connectivity index is 1.66. The second-order valence-corrected chi connectivity index (χ2v) is 8.73. The van der Waals surface area contributed by atoms with Gasteiger partial charge in [-0.1, -0.05) is 12.1 Å². The molecule has 1 aliphatic heterocycles. The maximum absolute atomic E-state index is 14.1. The lowest BCUT2D eigenvalue weighted by Crippen LogP contribution is -2.30. The van der Waals surface area contributed by atoms with Gasteiger partial charge in [0.1, 0.15) is 17.6 Å². The van der Waals surface area contributed by atoms with Gasteiger partial charge >= 0.3 is 0 Å². The molecule has 2 aromatic heterocycles. The van der Waals surface area contributed by atoms with E-state index in [4.69, 9.17) is 17.0 Å². The molecule has 182 valence electrons. The van der Waals surface area contributed by atoms with Gasteiger partial charge in [-0.3, -0.25) is 9.78 Å². The lowest BCUT2D eigenvalue weighted by Gasteiger charge is -2.29. The van der Waals surface area contributed by atoms with Gasteiger partial charge in [-0.15, -0.1) is 0 Å². The fourth-order valence-electron chi connectivity index (χ4n) is 4.56. The molecule has 0 spiro atoms. The third kappa shape index (κ3) is 4.40. The standard InChI is InChI=1S/C27H24FN5O2S/c1-17(34)30-22-16-20(11-12-24(22)35-2)33-26(25(31-27(33)36)21-9-3-4-13-29-21)23-10-6-14-32(23)19-8-5-7-18(28)15-19/h3-16,25-26H,1-2H3,(H,30,34)(H,31,36)/t25-,26+/m0/s1. The highest BCUT2D eigenvalue weighted by molar-refractivity contribution is 7.80. The van der Waals surface area contributed by atoms with Gasteiger partial charge in [0.2, 0.25) is 5.91 Å². The summed E-state index contributed by atoms with van der Waals surface area (Å²) in [5, 5.41) is 6.75. The molecular weight excluding hydrogens is 477 g/mol. The topological polar surface area (TPSA) is 71.4 Å². The summed E-state index contributed by atoms with van der Waals surface area (Å²) in [6.07, 6.45) is 3.64. The zero-order valence-electron chi connectivity index (χ0n) is 19.7. The Morgan fingerprint density at radius 1 is 1.08 bits per heavy atom. The first kappa shape index (κ1) is 23.5. The highest BCUT2D eigenvalue weighted by atomic mass is 32.1. The fourth-order valence-corrected chi connectivity index (χ4v) is 4.91. The molecule has 4 aromatic rings. The number of anilines is 2. The minimum absolute atomic E-state index is 0.213. The molecule has 2 N–H and O–H groups in total. The highest BCUT2D eigenvalue weighted by Gasteiger charge is 2.42. The molecule has 0 saturated carbocycles. The van der Waals surface area contributed by atoms with Crippen LogP contribution in [0.15, 0.2) is 85.2 Å². The van der Waals surface area contributed by atoms with Gasteiger partial charge in [-0.25, -0.2) is 4.39 Å². The largest absolute Gasteiger partial charge is 0.495 e. The summed E-state index contributed by atoms with van der Waals surface area (Å²) >= 11 is 5.82. The Morgan fingerprint density at radius 3 is 2.67 bits per heavy atom. The Bertz CT molecular complexity index is 1420. The van der Waals surface area contributed by atoms with Gasteiger partial charge in [0.15, 0.2) is 5.11 Å². The zero-order chi connectivity index (χ0) is 25.2. The van der Waals surface area contributed by atoms with Crippen LogP contribution in [0, 0.1) is 5.82 Å². The number of methoxy groups -OCH3 is 1. The SMILES string of the molecule is COc1ccc(N2C(=S)N[C@@H](c3ccccn3)[C@H]2c2cccn2-c2cccc(F)c2)cc1NC(C)=O. The normalized spacial score (nSPS) is 17.1. The van der Waals surface area contributed by atoms with Crippen LogP contribution in [0.5, 0.6) is 5.75 Å². The molecule has 2 aromatic carbocycles. The Kier molecular flexibility index (Phi) is 6.39. The second-order valence-electron chi connectivity index (χ2n) is 8.35. The number of rotatable bonds is 6. The van der Waals surface area contributed by atoms with Crippen LogP contribution in [-0.2, 0) is 4.79 Å². The lowest BCUT2D eigenvalue weighted by molar-refractivity contribution is -0.114. The minimum atomic E-state index is -0.329. The predicted molar refractivity (Wildman–Crippen MR) is 141 cm³/mol. The average molecular weight is 502 g/mol. The smallest absolute Gasteiger partial charge is 0.221 e. The number of aromatic nitrogens is 2. The van der Waals surface area contributed by atoms with Gasteiger partial charge in [-0.05, 0) is 72.9 Å². The number of nitrogens with zero attached hydrogens (tertiary/aromatic N) is 3. The third-order valence-electron chi connectivity index (χ3n) is 6.04. The molecular formula is C27H24FN5O2S. The predicted octanol–water partition coefficient (Wildman–Crippen LogP) is 5.16. The van der Waals surface area contributed by atoms with Crippen molar-refractivity contribution in [1.82, 2.24) is 14.9 Å². The van der Waals surface area contributed by atoms with Gasteiger partial charge < -0.3 is 24.8 Å². The van der Waals surface area contributed by atoms with E-state index < -0.39 is 0 Å². The van der Waals surface area contributed by atoms with E-state index in [-0.39, 0.29) is 23.8 Å². The molecule has 7 nitrogen and oxygen atoms in total. The number of nitrogens with one attached hydrogen (secondary N) is 2. The minimum Gasteiger partial charge on any atom is -0.495 e. The van der Waals surface area contributed by atoms with Gasteiger partial charge in [0, 0.05) is 36.4 Å². The van der Waals surface area contributed by atoms with E-state index in [0.717, 1.165) is 17.1 Å². The first-order valence-corrected chi connectivity index (χ1v) is 11.8. The van der Waals surface area contributed by atoms with E-state index in [1.54, 1.807) is 25.4 Å². The summed E-state index contributed by atoms with van der Waals surface area (Å²) in [7, 11) is 1.55. The van der Waals surface area contributed by atoms with Crippen LogP contribution < -0.4 is 20.3 Å². The molecule has 0 bridgehead atoms. The van der Waals surface area contributed by atoms with E-state index in [0.29, 0.717) is 22.2 Å². The highest BCUT2D eigenvalue weighted by Crippen LogP contribution is 2.43. The maximum Gasteiger partial charge on any atom is 0.221 e. The van der Waals surface area contributed by atoms with Crippen LogP contribution in [0.2, 0.25) is 0 Å². The van der Waals surface area contributed by atoms with Crippen molar-refractivity contribution in [2.24, 2.45) is 0 Å². The van der Waals surface area contributed by atoms with Crippen LogP contribution in [-0.4, -0.2) is 27.7 Å². The summed E-state index contributed by atoms with van der Waals surface area (Å²) in [6, 6.07) is 21.0. The van der Waals surface area contributed by atoms with Crippen LogP contribution >= 0.6 is 12.2 Å². The number of amides is 1. The molecule has 1 fully saturated rings. The number of ether oxygens (including phenoxy) is 1. The average Bonchev–Trinajstić information content (AvgIpc) is 3.48. The van der Waals surface area contributed by atoms with Crippen molar-refractivity contribution in [3.63, 3.8) is 0 Å². The zero-order valence-corrected chi connectivity index (χ0v) is 20.5. The van der Waals surface area contributed by atoms with Crippen molar-refractivity contribution < 1.29 is 13.9 Å². The number of pyridine rings is 1. The number of carbonyl (C=O) groups is 1. The molecule has 2 atom stereocenters. The van der Waals surface area contributed by atoms with Crippen LogP contribution in [0.25, 0.3) is 5.69 Å². The molecule has 1 amide bonds. The van der Waals surface area contributed by atoms with Crippen molar-refractivity contribution in [2.75, 3.05) is 17.3 Å². The Morgan fingerprint density at radius 2 is 1.94 bits per heavy atom. The van der Waals surface area contributed by atoms with Gasteiger partial charge in [-0.2, -0.15) is 0 Å². The monoisotopic (exact) mass is 501 g/mol. The lowest BCUT2D eigenvalue weighted by atomic mass is 10.0. The molecule has 1 saturated heterocycles. The van der Waals surface area contributed by atoms with E-state index in [1.807, 2.05) is 64.2 Å². The van der Waals surface area contributed by atoms with Crippen LogP contribution in [0.4, 0.5) is 15.8 Å². The molecule has 3 heterocycles. The van der Waals surface area contributed by atoms with Gasteiger partial charge in [0.25, 0.3) is 0 Å². The van der Waals surface area contributed by atoms with Crippen molar-refractivity contribution in [2.45, 2.75) is 19.0 Å². The van der Waals surface area contributed by atoms with Crippen molar-refractivity contribution >= 4 is 34.6 Å². The van der Waals surface area contributed by atoms with E-state index >= 15 is 0 Å². The van der Waals surface area contributed by atoms with Crippen LogP contribution in [0.3, 0.4) is 0 Å². The fraction of sp³-hybridized carbons (Fsp3) is 0.148. The molecule has 36 heavy (non-hydrogen) atoms. The quantitative estimate of drug-likeness (QED) is 0.356. The molecule has 0 unspecified atom stereocenters. The molecule has 5 rings (SSSR count). The summed E-state index contributed by atoms with van der Waals surface area (Å²) in [5.74, 6) is 0.00362. The van der Waals surface area contributed by atoms with Gasteiger partial charge in [0.05, 0.1) is 24.5 Å². The molecule has 0 aliphatic carbocycles. The summed E-state index contributed by atoms with van der Waals surface area (Å²) in [4.78, 5) is 18.4. The van der Waals surface area contributed by atoms with Crippen molar-refractivity contribution in [3.8, 4) is 11.4 Å². The molecule has 1 aliphatic rings. The molecule has 0 radical (unpaired) electrons.